The van der Waals surface area contributed by atoms with E-state index in [0.717, 1.165) is 17.7 Å². The van der Waals surface area contributed by atoms with Crippen molar-refractivity contribution < 1.29 is 22.7 Å². The van der Waals surface area contributed by atoms with Gasteiger partial charge in [0.25, 0.3) is 5.91 Å². The lowest BCUT2D eigenvalue weighted by Crippen LogP contribution is -2.20. The summed E-state index contributed by atoms with van der Waals surface area (Å²) in [6.07, 6.45) is -1.41. The zero-order chi connectivity index (χ0) is 19.4. The SMILES string of the molecule is Cc1ccc(OCC(=O)Nc2ccc(C(F)(F)F)cc2)c(-n2cnnc2)c1. The molecular weight excluding hydrogens is 361 g/mol. The molecule has 0 aliphatic heterocycles. The number of amides is 1. The van der Waals surface area contributed by atoms with Crippen molar-refractivity contribution in [2.45, 2.75) is 13.1 Å². The van der Waals surface area contributed by atoms with Crippen molar-refractivity contribution in [1.29, 1.82) is 0 Å². The molecule has 3 rings (SSSR count). The van der Waals surface area contributed by atoms with Crippen LogP contribution in [0.5, 0.6) is 5.75 Å². The minimum absolute atomic E-state index is 0.250. The minimum Gasteiger partial charge on any atom is -0.482 e. The normalized spacial score (nSPS) is 11.3. The Bertz CT molecular complexity index is 923. The van der Waals surface area contributed by atoms with Crippen LogP contribution in [-0.4, -0.2) is 27.3 Å². The number of hydrogen-bond acceptors (Lipinski definition) is 4. The molecule has 9 heteroatoms. The molecule has 0 unspecified atom stereocenters. The van der Waals surface area contributed by atoms with Crippen molar-refractivity contribution >= 4 is 11.6 Å². The summed E-state index contributed by atoms with van der Waals surface area (Å²) < 4.78 is 44.9. The number of benzene rings is 2. The van der Waals surface area contributed by atoms with Gasteiger partial charge in [0, 0.05) is 5.69 Å². The van der Waals surface area contributed by atoms with Crippen LogP contribution in [0.25, 0.3) is 5.69 Å². The summed E-state index contributed by atoms with van der Waals surface area (Å²) in [7, 11) is 0. The number of carbonyl (C=O) groups excluding carboxylic acids is 1. The van der Waals surface area contributed by atoms with E-state index in [1.807, 2.05) is 19.1 Å². The summed E-state index contributed by atoms with van der Waals surface area (Å²) in [4.78, 5) is 12.0. The fourth-order valence-electron chi connectivity index (χ4n) is 2.36. The number of hydrogen-bond donors (Lipinski definition) is 1. The average Bonchev–Trinajstić information content (AvgIpc) is 3.15. The number of aromatic nitrogens is 3. The van der Waals surface area contributed by atoms with Gasteiger partial charge in [0.15, 0.2) is 6.61 Å². The van der Waals surface area contributed by atoms with Crippen LogP contribution in [0.15, 0.2) is 55.1 Å². The number of halogens is 3. The van der Waals surface area contributed by atoms with Gasteiger partial charge in [-0.1, -0.05) is 6.07 Å². The van der Waals surface area contributed by atoms with E-state index < -0.39 is 17.6 Å². The summed E-state index contributed by atoms with van der Waals surface area (Å²) in [5, 5.41) is 9.98. The van der Waals surface area contributed by atoms with Crippen LogP contribution in [-0.2, 0) is 11.0 Å². The van der Waals surface area contributed by atoms with Crippen LogP contribution in [0.4, 0.5) is 18.9 Å². The number of ether oxygens (including phenoxy) is 1. The van der Waals surface area contributed by atoms with E-state index in [4.69, 9.17) is 4.74 Å². The fourth-order valence-corrected chi connectivity index (χ4v) is 2.36. The Labute approximate surface area is 152 Å². The highest BCUT2D eigenvalue weighted by molar-refractivity contribution is 5.91. The first-order valence-corrected chi connectivity index (χ1v) is 7.88. The molecule has 1 heterocycles. The Hall–Kier alpha value is -3.36. The molecule has 0 aliphatic rings. The standard InChI is InChI=1S/C18H15F3N4O2/c1-12-2-7-16(15(8-12)25-10-22-23-11-25)27-9-17(26)24-14-5-3-13(4-6-14)18(19,20)21/h2-8,10-11H,9H2,1H3,(H,24,26). The lowest BCUT2D eigenvalue weighted by Gasteiger charge is -2.13. The molecule has 1 N–H and O–H groups in total. The van der Waals surface area contributed by atoms with Gasteiger partial charge in [-0.05, 0) is 48.9 Å². The maximum absolute atomic E-state index is 12.6. The molecule has 2 aromatic carbocycles. The van der Waals surface area contributed by atoms with Gasteiger partial charge in [0.1, 0.15) is 18.4 Å². The van der Waals surface area contributed by atoms with E-state index in [1.54, 1.807) is 10.6 Å². The van der Waals surface area contributed by atoms with E-state index in [0.29, 0.717) is 11.4 Å². The lowest BCUT2D eigenvalue weighted by molar-refractivity contribution is -0.137. The van der Waals surface area contributed by atoms with E-state index in [9.17, 15) is 18.0 Å². The summed E-state index contributed by atoms with van der Waals surface area (Å²) in [5.41, 5.74) is 1.12. The molecule has 0 fully saturated rings. The van der Waals surface area contributed by atoms with E-state index in [1.165, 1.54) is 24.8 Å². The van der Waals surface area contributed by atoms with Crippen molar-refractivity contribution in [3.05, 3.63) is 66.2 Å². The summed E-state index contributed by atoms with van der Waals surface area (Å²) in [6.45, 7) is 1.61. The molecule has 27 heavy (non-hydrogen) atoms. The number of nitrogens with zero attached hydrogens (tertiary/aromatic N) is 3. The van der Waals surface area contributed by atoms with Crippen LogP contribution in [0.3, 0.4) is 0 Å². The summed E-state index contributed by atoms with van der Waals surface area (Å²) in [5.74, 6) is -0.0481. The molecular formula is C18H15F3N4O2. The third kappa shape index (κ3) is 4.63. The van der Waals surface area contributed by atoms with E-state index in [2.05, 4.69) is 15.5 Å². The Kier molecular flexibility index (Phi) is 5.11. The molecule has 140 valence electrons. The molecule has 1 aromatic heterocycles. The summed E-state index contributed by atoms with van der Waals surface area (Å²) >= 11 is 0. The van der Waals surface area contributed by atoms with Crippen LogP contribution in [0, 0.1) is 6.92 Å². The first-order chi connectivity index (χ1) is 12.8. The van der Waals surface area contributed by atoms with Gasteiger partial charge in [-0.3, -0.25) is 9.36 Å². The average molecular weight is 376 g/mol. The quantitative estimate of drug-likeness (QED) is 0.739. The molecule has 0 radical (unpaired) electrons. The zero-order valence-corrected chi connectivity index (χ0v) is 14.2. The predicted octanol–water partition coefficient (Wildman–Crippen LogP) is 3.61. The van der Waals surface area contributed by atoms with Gasteiger partial charge in [-0.2, -0.15) is 13.2 Å². The molecule has 0 saturated heterocycles. The van der Waals surface area contributed by atoms with Gasteiger partial charge in [-0.25, -0.2) is 0 Å². The van der Waals surface area contributed by atoms with Gasteiger partial charge in [0.05, 0.1) is 11.3 Å². The van der Waals surface area contributed by atoms with Gasteiger partial charge in [-0.15, -0.1) is 10.2 Å². The number of rotatable bonds is 5. The molecule has 0 aliphatic carbocycles. The maximum Gasteiger partial charge on any atom is 0.416 e. The lowest BCUT2D eigenvalue weighted by atomic mass is 10.2. The van der Waals surface area contributed by atoms with Crippen molar-refractivity contribution in [2.75, 3.05) is 11.9 Å². The predicted molar refractivity (Wildman–Crippen MR) is 91.7 cm³/mol. The topological polar surface area (TPSA) is 69.0 Å². The van der Waals surface area contributed by atoms with Gasteiger partial charge >= 0.3 is 6.18 Å². The fraction of sp³-hybridized carbons (Fsp3) is 0.167. The second kappa shape index (κ2) is 7.48. The van der Waals surface area contributed by atoms with E-state index in [-0.39, 0.29) is 12.3 Å². The Morgan fingerprint density at radius 2 is 1.78 bits per heavy atom. The molecule has 0 bridgehead atoms. The monoisotopic (exact) mass is 376 g/mol. The first kappa shape index (κ1) is 18.4. The third-order valence-electron chi connectivity index (χ3n) is 3.67. The van der Waals surface area contributed by atoms with Gasteiger partial charge < -0.3 is 10.1 Å². The Morgan fingerprint density at radius 3 is 2.41 bits per heavy atom. The smallest absolute Gasteiger partial charge is 0.416 e. The summed E-state index contributed by atoms with van der Waals surface area (Å²) in [6, 6.07) is 9.59. The zero-order valence-electron chi connectivity index (χ0n) is 14.2. The minimum atomic E-state index is -4.42. The molecule has 0 atom stereocenters. The van der Waals surface area contributed by atoms with Crippen LogP contribution in [0.1, 0.15) is 11.1 Å². The van der Waals surface area contributed by atoms with Crippen LogP contribution in [0.2, 0.25) is 0 Å². The van der Waals surface area contributed by atoms with Crippen molar-refractivity contribution in [3.8, 4) is 11.4 Å². The number of nitrogens with one attached hydrogen (secondary N) is 1. The van der Waals surface area contributed by atoms with Crippen LogP contribution >= 0.6 is 0 Å². The highest BCUT2D eigenvalue weighted by Crippen LogP contribution is 2.30. The highest BCUT2D eigenvalue weighted by Gasteiger charge is 2.29. The Balaban J connectivity index is 1.65. The first-order valence-electron chi connectivity index (χ1n) is 7.88. The van der Waals surface area contributed by atoms with Crippen molar-refractivity contribution in [2.24, 2.45) is 0 Å². The number of alkyl halides is 3. The molecule has 1 amide bonds. The molecule has 6 nitrogen and oxygen atoms in total. The molecule has 3 aromatic rings. The van der Waals surface area contributed by atoms with Crippen LogP contribution < -0.4 is 10.1 Å². The third-order valence-corrected chi connectivity index (χ3v) is 3.67. The van der Waals surface area contributed by atoms with Crippen molar-refractivity contribution in [3.63, 3.8) is 0 Å². The van der Waals surface area contributed by atoms with Crippen molar-refractivity contribution in [1.82, 2.24) is 14.8 Å². The maximum atomic E-state index is 12.6. The second-order valence-electron chi connectivity index (χ2n) is 5.75. The van der Waals surface area contributed by atoms with E-state index >= 15 is 0 Å². The largest absolute Gasteiger partial charge is 0.482 e. The molecule has 0 saturated carbocycles. The van der Waals surface area contributed by atoms with Gasteiger partial charge in [0.2, 0.25) is 0 Å². The number of anilines is 1. The highest BCUT2D eigenvalue weighted by atomic mass is 19.4. The number of aryl methyl sites for hydroxylation is 1. The molecule has 0 spiro atoms. The second-order valence-corrected chi connectivity index (χ2v) is 5.75. The Morgan fingerprint density at radius 1 is 1.11 bits per heavy atom. The number of carbonyl (C=O) groups is 1.